The van der Waals surface area contributed by atoms with Crippen LogP contribution in [0.25, 0.3) is 33.4 Å². The molecule has 0 saturated heterocycles. The number of carbonyl (C=O) groups is 1. The third-order valence-electron chi connectivity index (χ3n) is 5.17. The molecule has 0 bridgehead atoms. The highest BCUT2D eigenvalue weighted by atomic mass is 35.5. The molecule has 2 heterocycles. The Morgan fingerprint density at radius 1 is 0.875 bits per heavy atom. The molecule has 1 N–H and O–H groups in total. The standard InChI is InChI=1S/C26H18ClN3OS/c1-16-6-8-17(9-7-16)23-14-21(20-4-2-3-5-22(20)28-23)25(31)30-26-29-24(15-32-26)18-10-12-19(27)13-11-18/h2-15H,1H3,(H,29,30,31). The van der Waals surface area contributed by atoms with Crippen LogP contribution in [0.15, 0.2) is 84.2 Å². The van der Waals surface area contributed by atoms with Crippen molar-refractivity contribution in [2.75, 3.05) is 5.32 Å². The lowest BCUT2D eigenvalue weighted by Crippen LogP contribution is -2.13. The first-order valence-electron chi connectivity index (χ1n) is 10.1. The molecule has 0 atom stereocenters. The summed E-state index contributed by atoms with van der Waals surface area (Å²) in [5, 5.41) is 6.89. The summed E-state index contributed by atoms with van der Waals surface area (Å²) in [5.41, 5.74) is 5.98. The number of hydrogen-bond acceptors (Lipinski definition) is 4. The Hall–Kier alpha value is -3.54. The summed E-state index contributed by atoms with van der Waals surface area (Å²) in [6.07, 6.45) is 0. The van der Waals surface area contributed by atoms with E-state index in [9.17, 15) is 4.79 Å². The van der Waals surface area contributed by atoms with Crippen LogP contribution in [0.4, 0.5) is 5.13 Å². The van der Waals surface area contributed by atoms with Gasteiger partial charge in [0, 0.05) is 26.9 Å². The number of benzene rings is 3. The number of para-hydroxylation sites is 1. The minimum absolute atomic E-state index is 0.214. The average Bonchev–Trinajstić information content (AvgIpc) is 3.27. The molecule has 0 spiro atoms. The third-order valence-corrected chi connectivity index (χ3v) is 6.18. The number of halogens is 1. The van der Waals surface area contributed by atoms with Crippen LogP contribution in [0.2, 0.25) is 5.02 Å². The van der Waals surface area contributed by atoms with Gasteiger partial charge in [0.1, 0.15) is 0 Å². The smallest absolute Gasteiger partial charge is 0.258 e. The van der Waals surface area contributed by atoms with Gasteiger partial charge in [-0.2, -0.15) is 0 Å². The van der Waals surface area contributed by atoms with E-state index in [1.165, 1.54) is 16.9 Å². The molecule has 4 nitrogen and oxygen atoms in total. The van der Waals surface area contributed by atoms with Gasteiger partial charge in [-0.05, 0) is 31.2 Å². The second kappa shape index (κ2) is 8.54. The van der Waals surface area contributed by atoms with Gasteiger partial charge in [0.05, 0.1) is 22.5 Å². The molecule has 0 fully saturated rings. The fourth-order valence-corrected chi connectivity index (χ4v) is 4.33. The molecule has 0 unspecified atom stereocenters. The number of anilines is 1. The van der Waals surface area contributed by atoms with Crippen LogP contribution in [-0.2, 0) is 0 Å². The SMILES string of the molecule is Cc1ccc(-c2cc(C(=O)Nc3nc(-c4ccc(Cl)cc4)cs3)c3ccccc3n2)cc1. The zero-order valence-electron chi connectivity index (χ0n) is 17.2. The molecule has 0 aliphatic carbocycles. The minimum atomic E-state index is -0.214. The number of rotatable bonds is 4. The maximum absolute atomic E-state index is 13.3. The van der Waals surface area contributed by atoms with Crippen LogP contribution >= 0.6 is 22.9 Å². The number of nitrogens with one attached hydrogen (secondary N) is 1. The first kappa shape index (κ1) is 20.4. The number of carbonyl (C=O) groups excluding carboxylic acids is 1. The van der Waals surface area contributed by atoms with E-state index in [1.54, 1.807) is 0 Å². The summed E-state index contributed by atoms with van der Waals surface area (Å²) in [6, 6.07) is 25.1. The molecule has 6 heteroatoms. The topological polar surface area (TPSA) is 54.9 Å². The van der Waals surface area contributed by atoms with Gasteiger partial charge in [-0.15, -0.1) is 11.3 Å². The number of fused-ring (bicyclic) bond motifs is 1. The highest BCUT2D eigenvalue weighted by Gasteiger charge is 2.16. The number of aryl methyl sites for hydroxylation is 1. The summed E-state index contributed by atoms with van der Waals surface area (Å²) in [6.45, 7) is 2.04. The van der Waals surface area contributed by atoms with Crippen molar-refractivity contribution in [1.29, 1.82) is 0 Å². The predicted octanol–water partition coefficient (Wildman–Crippen LogP) is 7.24. The van der Waals surface area contributed by atoms with E-state index in [2.05, 4.69) is 10.3 Å². The molecular weight excluding hydrogens is 438 g/mol. The number of hydrogen-bond donors (Lipinski definition) is 1. The zero-order valence-corrected chi connectivity index (χ0v) is 18.7. The summed E-state index contributed by atoms with van der Waals surface area (Å²) in [5.74, 6) is -0.214. The fraction of sp³-hybridized carbons (Fsp3) is 0.0385. The first-order chi connectivity index (χ1) is 15.6. The summed E-state index contributed by atoms with van der Waals surface area (Å²) in [4.78, 5) is 22.6. The molecule has 32 heavy (non-hydrogen) atoms. The Kier molecular flexibility index (Phi) is 5.43. The number of pyridine rings is 1. The van der Waals surface area contributed by atoms with E-state index in [4.69, 9.17) is 16.6 Å². The van der Waals surface area contributed by atoms with E-state index in [1.807, 2.05) is 91.2 Å². The summed E-state index contributed by atoms with van der Waals surface area (Å²) in [7, 11) is 0. The third kappa shape index (κ3) is 4.13. The van der Waals surface area contributed by atoms with Crippen LogP contribution in [0.5, 0.6) is 0 Å². The van der Waals surface area contributed by atoms with Crippen molar-refractivity contribution in [2.24, 2.45) is 0 Å². The van der Waals surface area contributed by atoms with Gasteiger partial charge in [0.2, 0.25) is 0 Å². The van der Waals surface area contributed by atoms with Gasteiger partial charge in [-0.3, -0.25) is 10.1 Å². The molecule has 1 amide bonds. The highest BCUT2D eigenvalue weighted by molar-refractivity contribution is 7.14. The second-order valence-corrected chi connectivity index (χ2v) is 8.73. The van der Waals surface area contributed by atoms with E-state index in [0.717, 1.165) is 33.4 Å². The van der Waals surface area contributed by atoms with E-state index in [0.29, 0.717) is 15.7 Å². The zero-order chi connectivity index (χ0) is 22.1. The molecule has 5 aromatic rings. The maximum Gasteiger partial charge on any atom is 0.258 e. The Balaban J connectivity index is 1.49. The highest BCUT2D eigenvalue weighted by Crippen LogP contribution is 2.29. The Labute approximate surface area is 194 Å². The fourth-order valence-electron chi connectivity index (χ4n) is 3.48. The molecule has 0 aliphatic heterocycles. The normalized spacial score (nSPS) is 10.9. The maximum atomic E-state index is 13.3. The number of amides is 1. The molecule has 2 aromatic heterocycles. The van der Waals surface area contributed by atoms with Gasteiger partial charge in [0.15, 0.2) is 5.13 Å². The predicted molar refractivity (Wildman–Crippen MR) is 132 cm³/mol. The lowest BCUT2D eigenvalue weighted by atomic mass is 10.0. The van der Waals surface area contributed by atoms with Gasteiger partial charge in [0.25, 0.3) is 5.91 Å². The quantitative estimate of drug-likeness (QED) is 0.310. The van der Waals surface area contributed by atoms with Crippen LogP contribution < -0.4 is 5.32 Å². The first-order valence-corrected chi connectivity index (χ1v) is 11.3. The van der Waals surface area contributed by atoms with Crippen molar-refractivity contribution >= 4 is 44.9 Å². The van der Waals surface area contributed by atoms with Gasteiger partial charge >= 0.3 is 0 Å². The monoisotopic (exact) mass is 455 g/mol. The van der Waals surface area contributed by atoms with Crippen molar-refractivity contribution in [3.63, 3.8) is 0 Å². The lowest BCUT2D eigenvalue weighted by molar-refractivity contribution is 0.102. The van der Waals surface area contributed by atoms with E-state index in [-0.39, 0.29) is 5.91 Å². The largest absolute Gasteiger partial charge is 0.298 e. The van der Waals surface area contributed by atoms with Crippen molar-refractivity contribution < 1.29 is 4.79 Å². The summed E-state index contributed by atoms with van der Waals surface area (Å²) >= 11 is 7.36. The molecule has 0 radical (unpaired) electrons. The minimum Gasteiger partial charge on any atom is -0.298 e. The van der Waals surface area contributed by atoms with Crippen LogP contribution in [0.1, 0.15) is 15.9 Å². The Morgan fingerprint density at radius 2 is 1.56 bits per heavy atom. The lowest BCUT2D eigenvalue weighted by Gasteiger charge is -2.10. The number of nitrogens with zero attached hydrogens (tertiary/aromatic N) is 2. The van der Waals surface area contributed by atoms with Gasteiger partial charge in [-0.1, -0.05) is 71.8 Å². The van der Waals surface area contributed by atoms with Crippen LogP contribution in [0.3, 0.4) is 0 Å². The van der Waals surface area contributed by atoms with Crippen LogP contribution in [-0.4, -0.2) is 15.9 Å². The average molecular weight is 456 g/mol. The molecular formula is C26H18ClN3OS. The van der Waals surface area contributed by atoms with E-state index >= 15 is 0 Å². The Bertz CT molecular complexity index is 1430. The van der Waals surface area contributed by atoms with Crippen molar-refractivity contribution in [3.05, 3.63) is 100 Å². The number of thiazole rings is 1. The van der Waals surface area contributed by atoms with Gasteiger partial charge in [-0.25, -0.2) is 9.97 Å². The van der Waals surface area contributed by atoms with E-state index < -0.39 is 0 Å². The van der Waals surface area contributed by atoms with Crippen LogP contribution in [0, 0.1) is 6.92 Å². The van der Waals surface area contributed by atoms with Crippen molar-refractivity contribution in [2.45, 2.75) is 6.92 Å². The molecule has 0 saturated carbocycles. The van der Waals surface area contributed by atoms with Crippen molar-refractivity contribution in [3.8, 4) is 22.5 Å². The molecule has 3 aromatic carbocycles. The number of aromatic nitrogens is 2. The molecule has 0 aliphatic rings. The Morgan fingerprint density at radius 3 is 2.34 bits per heavy atom. The molecule has 5 rings (SSSR count). The second-order valence-electron chi connectivity index (χ2n) is 7.44. The van der Waals surface area contributed by atoms with Crippen molar-refractivity contribution in [1.82, 2.24) is 9.97 Å². The van der Waals surface area contributed by atoms with Gasteiger partial charge < -0.3 is 0 Å². The summed E-state index contributed by atoms with van der Waals surface area (Å²) < 4.78 is 0. The molecule has 156 valence electrons.